The van der Waals surface area contributed by atoms with Gasteiger partial charge in [-0.25, -0.2) is 17.9 Å². The van der Waals surface area contributed by atoms with E-state index in [-0.39, 0.29) is 16.6 Å². The Morgan fingerprint density at radius 2 is 1.30 bits per heavy atom. The monoisotopic (exact) mass is 329 g/mol. The molecule has 0 aliphatic heterocycles. The minimum absolute atomic E-state index is 0.0835. The smallest absolute Gasteiger partial charge is 0.225 e. The topological polar surface area (TPSA) is 60.2 Å². The lowest BCUT2D eigenvalue weighted by Gasteiger charge is -2.10. The van der Waals surface area contributed by atoms with Gasteiger partial charge in [0, 0.05) is 0 Å². The van der Waals surface area contributed by atoms with E-state index < -0.39 is 10.0 Å². The number of nitrogens with two attached hydrogens (primary N) is 1. The number of hydrogen-bond donors (Lipinski definition) is 1. The van der Waals surface area contributed by atoms with Gasteiger partial charge in [-0.1, -0.05) is 43.3 Å². The van der Waals surface area contributed by atoms with Crippen LogP contribution in [0.2, 0.25) is 0 Å². The summed E-state index contributed by atoms with van der Waals surface area (Å²) in [7, 11) is -3.70. The highest BCUT2D eigenvalue weighted by molar-refractivity contribution is 7.89. The maximum absolute atomic E-state index is 13.1. The van der Waals surface area contributed by atoms with Crippen LogP contribution in [0.3, 0.4) is 0 Å². The molecule has 5 heteroatoms. The fourth-order valence-corrected chi connectivity index (χ4v) is 3.23. The number of primary sulfonamides is 1. The van der Waals surface area contributed by atoms with Gasteiger partial charge in [0.2, 0.25) is 10.0 Å². The van der Waals surface area contributed by atoms with E-state index in [1.165, 1.54) is 24.3 Å². The van der Waals surface area contributed by atoms with Gasteiger partial charge >= 0.3 is 0 Å². The molecule has 0 aromatic heterocycles. The Labute approximate surface area is 135 Å². The third-order valence-electron chi connectivity index (χ3n) is 3.80. The van der Waals surface area contributed by atoms with Crippen molar-refractivity contribution < 1.29 is 12.8 Å². The minimum Gasteiger partial charge on any atom is -0.225 e. The molecule has 2 aromatic carbocycles. The van der Waals surface area contributed by atoms with Crippen LogP contribution in [0.5, 0.6) is 0 Å². The summed E-state index contributed by atoms with van der Waals surface area (Å²) in [6.07, 6.45) is 4.21. The molecular weight excluding hydrogens is 313 g/mol. The number of halogens is 1. The highest BCUT2D eigenvalue weighted by atomic mass is 32.2. The van der Waals surface area contributed by atoms with Crippen molar-refractivity contribution in [2.45, 2.75) is 11.8 Å². The molecule has 2 aromatic rings. The minimum atomic E-state index is -3.70. The van der Waals surface area contributed by atoms with Gasteiger partial charge in [0.1, 0.15) is 5.82 Å². The molecule has 3 rings (SSSR count). The number of hydrogen-bond acceptors (Lipinski definition) is 2. The fourth-order valence-electron chi connectivity index (χ4n) is 2.71. The molecule has 1 atom stereocenters. The van der Waals surface area contributed by atoms with Crippen molar-refractivity contribution in [3.8, 4) is 0 Å². The largest absolute Gasteiger partial charge is 0.238 e. The van der Waals surface area contributed by atoms with Gasteiger partial charge in [0.15, 0.2) is 0 Å². The lowest BCUT2D eigenvalue weighted by molar-refractivity contribution is 0.598. The SMILES string of the molecule is CC1C=C(c2ccc(F)cc2)C(c2ccc(S(N)(=O)=O)cc2)=C1. The van der Waals surface area contributed by atoms with Gasteiger partial charge in [-0.15, -0.1) is 0 Å². The maximum atomic E-state index is 13.1. The van der Waals surface area contributed by atoms with Crippen LogP contribution in [0.1, 0.15) is 18.1 Å². The van der Waals surface area contributed by atoms with E-state index >= 15 is 0 Å². The zero-order valence-electron chi connectivity index (χ0n) is 12.5. The third-order valence-corrected chi connectivity index (χ3v) is 4.73. The molecule has 0 amide bonds. The predicted octanol–water partition coefficient (Wildman–Crippen LogP) is 3.59. The van der Waals surface area contributed by atoms with Crippen molar-refractivity contribution in [3.63, 3.8) is 0 Å². The quantitative estimate of drug-likeness (QED) is 0.935. The Morgan fingerprint density at radius 3 is 1.74 bits per heavy atom. The van der Waals surface area contributed by atoms with E-state index in [2.05, 4.69) is 19.1 Å². The molecule has 0 saturated carbocycles. The Morgan fingerprint density at radius 1 is 0.870 bits per heavy atom. The molecule has 0 bridgehead atoms. The van der Waals surface area contributed by atoms with E-state index in [1.54, 1.807) is 24.3 Å². The summed E-state index contributed by atoms with van der Waals surface area (Å²) >= 11 is 0. The van der Waals surface area contributed by atoms with Gasteiger partial charge in [-0.2, -0.15) is 0 Å². The zero-order chi connectivity index (χ0) is 16.6. The predicted molar refractivity (Wildman–Crippen MR) is 89.3 cm³/mol. The molecule has 1 unspecified atom stereocenters. The van der Waals surface area contributed by atoms with Crippen molar-refractivity contribution in [2.75, 3.05) is 0 Å². The first-order chi connectivity index (χ1) is 10.8. The van der Waals surface area contributed by atoms with Crippen molar-refractivity contribution >= 4 is 21.2 Å². The lowest BCUT2D eigenvalue weighted by atomic mass is 9.95. The molecule has 23 heavy (non-hydrogen) atoms. The molecule has 0 radical (unpaired) electrons. The van der Waals surface area contributed by atoms with E-state index in [9.17, 15) is 12.8 Å². The Kier molecular flexibility index (Phi) is 3.92. The molecule has 0 saturated heterocycles. The van der Waals surface area contributed by atoms with Crippen molar-refractivity contribution in [1.82, 2.24) is 0 Å². The summed E-state index contributed by atoms with van der Waals surface area (Å²) in [5.41, 5.74) is 3.85. The van der Waals surface area contributed by atoms with E-state index in [1.807, 2.05) is 0 Å². The standard InChI is InChI=1S/C18H16FNO2S/c1-12-10-17(13-2-6-15(19)7-3-13)18(11-12)14-4-8-16(9-5-14)23(20,21)22/h2-12H,1H3,(H2,20,21,22). The second-order valence-electron chi connectivity index (χ2n) is 5.60. The molecule has 0 heterocycles. The average molecular weight is 329 g/mol. The van der Waals surface area contributed by atoms with Crippen LogP contribution in [0, 0.1) is 11.7 Å². The van der Waals surface area contributed by atoms with Gasteiger partial charge in [0.25, 0.3) is 0 Å². The lowest BCUT2D eigenvalue weighted by Crippen LogP contribution is -2.11. The molecule has 3 nitrogen and oxygen atoms in total. The molecule has 2 N–H and O–H groups in total. The van der Waals surface area contributed by atoms with Crippen molar-refractivity contribution in [3.05, 3.63) is 77.6 Å². The van der Waals surface area contributed by atoms with Gasteiger partial charge in [0.05, 0.1) is 4.90 Å². The molecule has 0 fully saturated rings. The summed E-state index contributed by atoms with van der Waals surface area (Å²) < 4.78 is 35.8. The van der Waals surface area contributed by atoms with Gasteiger partial charge < -0.3 is 0 Å². The highest BCUT2D eigenvalue weighted by Crippen LogP contribution is 2.38. The third kappa shape index (κ3) is 3.25. The number of rotatable bonds is 3. The van der Waals surface area contributed by atoms with Crippen LogP contribution in [-0.2, 0) is 10.0 Å². The van der Waals surface area contributed by atoms with Crippen LogP contribution < -0.4 is 5.14 Å². The number of benzene rings is 2. The van der Waals surface area contributed by atoms with Crippen LogP contribution >= 0.6 is 0 Å². The summed E-state index contributed by atoms with van der Waals surface area (Å²) in [6.45, 7) is 2.06. The van der Waals surface area contributed by atoms with Crippen LogP contribution in [0.15, 0.2) is 65.6 Å². The number of sulfonamides is 1. The zero-order valence-corrected chi connectivity index (χ0v) is 13.3. The molecule has 118 valence electrons. The van der Waals surface area contributed by atoms with Crippen LogP contribution in [-0.4, -0.2) is 8.42 Å². The van der Waals surface area contributed by atoms with Gasteiger partial charge in [-0.05, 0) is 52.5 Å². The van der Waals surface area contributed by atoms with E-state index in [0.29, 0.717) is 0 Å². The Hall–Kier alpha value is -2.24. The normalized spacial score (nSPS) is 17.8. The maximum Gasteiger partial charge on any atom is 0.238 e. The van der Waals surface area contributed by atoms with E-state index in [0.717, 1.165) is 22.3 Å². The first-order valence-corrected chi connectivity index (χ1v) is 8.72. The van der Waals surface area contributed by atoms with Crippen molar-refractivity contribution in [1.29, 1.82) is 0 Å². The van der Waals surface area contributed by atoms with Crippen molar-refractivity contribution in [2.24, 2.45) is 11.1 Å². The first kappa shape index (κ1) is 15.6. The molecule has 1 aliphatic rings. The summed E-state index contributed by atoms with van der Waals surface area (Å²) in [5, 5.41) is 5.13. The molecule has 1 aliphatic carbocycles. The molecular formula is C18H16FNO2S. The Bertz CT molecular complexity index is 895. The number of allylic oxidation sites excluding steroid dienone is 4. The Balaban J connectivity index is 2.00. The summed E-state index contributed by atoms with van der Waals surface area (Å²) in [6, 6.07) is 12.8. The van der Waals surface area contributed by atoms with Gasteiger partial charge in [-0.3, -0.25) is 0 Å². The summed E-state index contributed by atoms with van der Waals surface area (Å²) in [5.74, 6) is -0.0219. The highest BCUT2D eigenvalue weighted by Gasteiger charge is 2.18. The molecule has 0 spiro atoms. The van der Waals surface area contributed by atoms with Crippen LogP contribution in [0.25, 0.3) is 11.1 Å². The summed E-state index contributed by atoms with van der Waals surface area (Å²) in [4.78, 5) is 0.0835. The second kappa shape index (κ2) is 5.76. The second-order valence-corrected chi connectivity index (χ2v) is 7.16. The first-order valence-electron chi connectivity index (χ1n) is 7.18. The van der Waals surface area contributed by atoms with Crippen LogP contribution in [0.4, 0.5) is 4.39 Å². The fraction of sp³-hybridized carbons (Fsp3) is 0.111. The van der Waals surface area contributed by atoms with E-state index in [4.69, 9.17) is 5.14 Å². The average Bonchev–Trinajstić information content (AvgIpc) is 2.89.